The summed E-state index contributed by atoms with van der Waals surface area (Å²) < 4.78 is 65.2. The third-order valence-corrected chi connectivity index (χ3v) is 6.62. The zero-order valence-electron chi connectivity index (χ0n) is 23.4. The van der Waals surface area contributed by atoms with Crippen LogP contribution >= 0.6 is 0 Å². The van der Waals surface area contributed by atoms with Crippen molar-refractivity contribution in [2.75, 3.05) is 20.3 Å². The van der Waals surface area contributed by atoms with Gasteiger partial charge in [0.05, 0.1) is 6.61 Å². The molecule has 222 valence electrons. The Balaban J connectivity index is 1.73. The Morgan fingerprint density at radius 1 is 0.744 bits per heavy atom. The van der Waals surface area contributed by atoms with Crippen molar-refractivity contribution < 1.29 is 66.5 Å². The summed E-state index contributed by atoms with van der Waals surface area (Å²) in [6, 6.07) is 0. The van der Waals surface area contributed by atoms with Crippen LogP contribution < -0.4 is 0 Å². The highest BCUT2D eigenvalue weighted by atomic mass is 16.8. The van der Waals surface area contributed by atoms with E-state index in [0.29, 0.717) is 0 Å². The smallest absolute Gasteiger partial charge is 0.303 e. The van der Waals surface area contributed by atoms with Gasteiger partial charge in [0.15, 0.2) is 42.5 Å². The van der Waals surface area contributed by atoms with Gasteiger partial charge in [0, 0.05) is 27.9 Å². The summed E-state index contributed by atoms with van der Waals surface area (Å²) in [5.74, 6) is -4.01. The summed E-state index contributed by atoms with van der Waals surface area (Å²) in [7, 11) is 1.38. The standard InChI is InChI=1S/C25H38O14/c1-11(26)30-9-14-16-19(20(33-13(3)28)22(29-8)34-14)38-25(6,7)39-21-18(32-12(2)27)17-15(35-23(21)36-16)10-31-24(4,5)37-17/h14-23H,9-10H2,1-8H3/t14-,15-,16-,17-,18+,19+,20-,21-,22-,23-/m1/s1. The Morgan fingerprint density at radius 3 is 1.97 bits per heavy atom. The van der Waals surface area contributed by atoms with E-state index in [9.17, 15) is 14.4 Å². The molecule has 0 aromatic rings. The van der Waals surface area contributed by atoms with E-state index in [4.69, 9.17) is 52.1 Å². The number of ether oxygens (including phenoxy) is 11. The van der Waals surface area contributed by atoms with Crippen LogP contribution in [0.5, 0.6) is 0 Å². The maximum Gasteiger partial charge on any atom is 0.303 e. The second-order valence-corrected chi connectivity index (χ2v) is 10.7. The van der Waals surface area contributed by atoms with Gasteiger partial charge in [-0.1, -0.05) is 0 Å². The molecule has 0 radical (unpaired) electrons. The molecule has 10 atom stereocenters. The SMILES string of the molecule is CO[C@@H]1O[C@H](COC(C)=O)[C@H]2O[C@H]3O[C@@H]4COC(C)(C)O[C@H]4[C@H](OC(C)=O)[C@H]3OC(C)(C)O[C@@H]2[C@H]1OC(C)=O. The van der Waals surface area contributed by atoms with Crippen molar-refractivity contribution >= 4 is 17.9 Å². The van der Waals surface area contributed by atoms with Crippen LogP contribution in [-0.2, 0) is 66.5 Å². The van der Waals surface area contributed by atoms with Crippen LogP contribution in [0.4, 0.5) is 0 Å². The number of fused-ring (bicyclic) bond motifs is 3. The summed E-state index contributed by atoms with van der Waals surface area (Å²) in [4.78, 5) is 35.8. The molecule has 0 N–H and O–H groups in total. The lowest BCUT2D eigenvalue weighted by Crippen LogP contribution is -2.71. The number of carbonyl (C=O) groups excluding carboxylic acids is 3. The molecule has 4 saturated heterocycles. The zero-order valence-corrected chi connectivity index (χ0v) is 23.4. The van der Waals surface area contributed by atoms with Crippen LogP contribution in [0.3, 0.4) is 0 Å². The molecule has 0 saturated carbocycles. The number of hydrogen-bond acceptors (Lipinski definition) is 14. The first-order valence-electron chi connectivity index (χ1n) is 12.8. The first-order valence-corrected chi connectivity index (χ1v) is 12.8. The molecular formula is C25H38O14. The van der Waals surface area contributed by atoms with E-state index in [1.54, 1.807) is 27.7 Å². The van der Waals surface area contributed by atoms with E-state index >= 15 is 0 Å². The van der Waals surface area contributed by atoms with Gasteiger partial charge in [-0.15, -0.1) is 0 Å². The molecule has 0 aromatic carbocycles. The lowest BCUT2D eigenvalue weighted by Gasteiger charge is -2.55. The molecule has 0 bridgehead atoms. The summed E-state index contributed by atoms with van der Waals surface area (Å²) >= 11 is 0. The highest BCUT2D eigenvalue weighted by Crippen LogP contribution is 2.42. The second kappa shape index (κ2) is 11.5. The van der Waals surface area contributed by atoms with Crippen LogP contribution in [0.2, 0.25) is 0 Å². The van der Waals surface area contributed by atoms with Gasteiger partial charge in [-0.05, 0) is 27.7 Å². The minimum atomic E-state index is -1.36. The van der Waals surface area contributed by atoms with Crippen molar-refractivity contribution in [2.45, 2.75) is 121 Å². The van der Waals surface area contributed by atoms with Crippen LogP contribution in [0.1, 0.15) is 48.5 Å². The van der Waals surface area contributed by atoms with E-state index in [-0.39, 0.29) is 13.2 Å². The minimum absolute atomic E-state index is 0.130. The van der Waals surface area contributed by atoms with Crippen LogP contribution in [0.15, 0.2) is 0 Å². The molecule has 4 fully saturated rings. The maximum atomic E-state index is 12.2. The fourth-order valence-electron chi connectivity index (χ4n) is 5.22. The molecule has 14 heteroatoms. The Morgan fingerprint density at radius 2 is 1.36 bits per heavy atom. The average molecular weight is 563 g/mol. The lowest BCUT2D eigenvalue weighted by atomic mass is 9.94. The normalized spacial score (nSPS) is 40.9. The predicted molar refractivity (Wildman–Crippen MR) is 126 cm³/mol. The number of carbonyl (C=O) groups is 3. The van der Waals surface area contributed by atoms with Gasteiger partial charge in [-0.3, -0.25) is 14.4 Å². The first-order chi connectivity index (χ1) is 18.2. The van der Waals surface area contributed by atoms with Crippen molar-refractivity contribution in [2.24, 2.45) is 0 Å². The van der Waals surface area contributed by atoms with E-state index in [2.05, 4.69) is 0 Å². The van der Waals surface area contributed by atoms with Gasteiger partial charge in [0.1, 0.15) is 37.1 Å². The quantitative estimate of drug-likeness (QED) is 0.339. The number of esters is 3. The van der Waals surface area contributed by atoms with Gasteiger partial charge in [-0.2, -0.15) is 0 Å². The summed E-state index contributed by atoms with van der Waals surface area (Å²) in [6.45, 7) is 10.5. The molecule has 14 nitrogen and oxygen atoms in total. The van der Waals surface area contributed by atoms with Gasteiger partial charge in [0.25, 0.3) is 0 Å². The molecule has 4 heterocycles. The topological polar surface area (TPSA) is 153 Å². The van der Waals surface area contributed by atoms with Gasteiger partial charge in [-0.25, -0.2) is 0 Å². The highest BCUT2D eigenvalue weighted by Gasteiger charge is 2.60. The number of rotatable bonds is 5. The third-order valence-electron chi connectivity index (χ3n) is 6.62. The molecule has 0 amide bonds. The minimum Gasteiger partial charge on any atom is -0.463 e. The van der Waals surface area contributed by atoms with Gasteiger partial charge >= 0.3 is 17.9 Å². The molecule has 0 aromatic heterocycles. The van der Waals surface area contributed by atoms with Crippen molar-refractivity contribution in [3.05, 3.63) is 0 Å². The molecule has 4 aliphatic rings. The highest BCUT2D eigenvalue weighted by molar-refractivity contribution is 5.67. The molecular weight excluding hydrogens is 524 g/mol. The fourth-order valence-corrected chi connectivity index (χ4v) is 5.22. The Kier molecular flexibility index (Phi) is 8.88. The van der Waals surface area contributed by atoms with E-state index in [0.717, 1.165) is 0 Å². The lowest BCUT2D eigenvalue weighted by molar-refractivity contribution is -0.443. The van der Waals surface area contributed by atoms with Crippen molar-refractivity contribution in [1.29, 1.82) is 0 Å². The van der Waals surface area contributed by atoms with Crippen LogP contribution in [0, 0.1) is 0 Å². The van der Waals surface area contributed by atoms with Gasteiger partial charge in [0.2, 0.25) is 0 Å². The Labute approximate surface area is 226 Å². The molecule has 4 rings (SSSR count). The van der Waals surface area contributed by atoms with Crippen molar-refractivity contribution in [3.8, 4) is 0 Å². The van der Waals surface area contributed by atoms with Crippen LogP contribution in [-0.4, -0.2) is 111 Å². The predicted octanol–water partition coefficient (Wildman–Crippen LogP) is 0.566. The van der Waals surface area contributed by atoms with Gasteiger partial charge < -0.3 is 52.1 Å². The fraction of sp³-hybridized carbons (Fsp3) is 0.880. The largest absolute Gasteiger partial charge is 0.463 e. The zero-order chi connectivity index (χ0) is 28.7. The second-order valence-electron chi connectivity index (χ2n) is 10.7. The monoisotopic (exact) mass is 562 g/mol. The average Bonchev–Trinajstić information content (AvgIpc) is 2.80. The first kappa shape index (κ1) is 30.1. The molecule has 39 heavy (non-hydrogen) atoms. The summed E-state index contributed by atoms with van der Waals surface area (Å²) in [6.07, 6.45) is -9.60. The molecule has 0 aliphatic carbocycles. The summed E-state index contributed by atoms with van der Waals surface area (Å²) in [5, 5.41) is 0. The van der Waals surface area contributed by atoms with Crippen LogP contribution in [0.25, 0.3) is 0 Å². The van der Waals surface area contributed by atoms with Crippen molar-refractivity contribution in [1.82, 2.24) is 0 Å². The van der Waals surface area contributed by atoms with E-state index in [1.807, 2.05) is 0 Å². The molecule has 4 aliphatic heterocycles. The van der Waals surface area contributed by atoms with E-state index in [1.165, 1.54) is 27.9 Å². The Bertz CT molecular complexity index is 920. The number of methoxy groups -OCH3 is 1. The Hall–Kier alpha value is -1.91. The van der Waals surface area contributed by atoms with Crippen molar-refractivity contribution in [3.63, 3.8) is 0 Å². The summed E-state index contributed by atoms with van der Waals surface area (Å²) in [5.41, 5.74) is 0. The molecule has 0 unspecified atom stereocenters. The number of hydrogen-bond donors (Lipinski definition) is 0. The van der Waals surface area contributed by atoms with E-state index < -0.39 is 90.9 Å². The third kappa shape index (κ3) is 6.88. The maximum absolute atomic E-state index is 12.2. The molecule has 0 spiro atoms.